The number of fused-ring (bicyclic) bond motifs is 1. The Bertz CT molecular complexity index is 434. The summed E-state index contributed by atoms with van der Waals surface area (Å²) in [7, 11) is 0. The van der Waals surface area contributed by atoms with Gasteiger partial charge in [0.15, 0.2) is 5.65 Å². The maximum atomic E-state index is 5.67. The monoisotopic (exact) mass is 191 g/mol. The van der Waals surface area contributed by atoms with Gasteiger partial charge in [-0.2, -0.15) is 0 Å². The Kier molecular flexibility index (Phi) is 2.30. The Balaban J connectivity index is 2.42. The van der Waals surface area contributed by atoms with Gasteiger partial charge in [-0.15, -0.1) is 0 Å². The smallest absolute Gasteiger partial charge is 0.208 e. The van der Waals surface area contributed by atoms with Crippen molar-refractivity contribution in [2.75, 3.05) is 5.73 Å². The first-order valence-electron chi connectivity index (χ1n) is 4.75. The minimum atomic E-state index is 0.435. The van der Waals surface area contributed by atoms with Crippen molar-refractivity contribution in [3.63, 3.8) is 0 Å². The van der Waals surface area contributed by atoms with E-state index >= 15 is 0 Å². The number of hydrogen-bond acceptors (Lipinski definition) is 4. The predicted octanol–water partition coefficient (Wildman–Crippen LogP) is 1.05. The molecular formula is C9H13N5. The van der Waals surface area contributed by atoms with Crippen LogP contribution in [0.1, 0.15) is 25.5 Å². The normalized spacial score (nSPS) is 10.9. The summed E-state index contributed by atoms with van der Waals surface area (Å²) < 4.78 is 1.71. The van der Waals surface area contributed by atoms with Crippen molar-refractivity contribution in [1.82, 2.24) is 19.4 Å². The van der Waals surface area contributed by atoms with E-state index in [0.29, 0.717) is 5.95 Å². The second-order valence-corrected chi connectivity index (χ2v) is 3.22. The SMILES string of the molecule is CCCCc1ncn2c(N)ncnc12. The average molecular weight is 191 g/mol. The molecule has 2 aromatic rings. The molecule has 0 aliphatic heterocycles. The topological polar surface area (TPSA) is 69.1 Å². The van der Waals surface area contributed by atoms with E-state index in [-0.39, 0.29) is 0 Å². The van der Waals surface area contributed by atoms with Gasteiger partial charge in [0.1, 0.15) is 12.7 Å². The lowest BCUT2D eigenvalue weighted by Crippen LogP contribution is -2.00. The molecule has 0 spiro atoms. The third-order valence-corrected chi connectivity index (χ3v) is 2.20. The predicted molar refractivity (Wildman–Crippen MR) is 53.8 cm³/mol. The van der Waals surface area contributed by atoms with Crippen LogP contribution in [0.15, 0.2) is 12.7 Å². The van der Waals surface area contributed by atoms with E-state index in [1.807, 2.05) is 0 Å². The highest BCUT2D eigenvalue weighted by atomic mass is 15.2. The summed E-state index contributed by atoms with van der Waals surface area (Å²) in [6, 6.07) is 0. The molecular weight excluding hydrogens is 178 g/mol. The Labute approximate surface area is 82.0 Å². The van der Waals surface area contributed by atoms with Gasteiger partial charge in [-0.05, 0) is 12.8 Å². The lowest BCUT2D eigenvalue weighted by atomic mass is 10.2. The van der Waals surface area contributed by atoms with Crippen molar-refractivity contribution in [2.45, 2.75) is 26.2 Å². The number of rotatable bonds is 3. The van der Waals surface area contributed by atoms with E-state index in [9.17, 15) is 0 Å². The fourth-order valence-electron chi connectivity index (χ4n) is 1.41. The number of imidazole rings is 1. The van der Waals surface area contributed by atoms with Gasteiger partial charge in [0.2, 0.25) is 5.95 Å². The molecule has 2 N–H and O–H groups in total. The summed E-state index contributed by atoms with van der Waals surface area (Å²) >= 11 is 0. The third kappa shape index (κ3) is 1.41. The summed E-state index contributed by atoms with van der Waals surface area (Å²) in [5.41, 5.74) is 7.50. The number of nitrogens with two attached hydrogens (primary N) is 1. The van der Waals surface area contributed by atoms with Gasteiger partial charge in [-0.3, -0.25) is 4.40 Å². The Morgan fingerprint density at radius 1 is 1.36 bits per heavy atom. The molecule has 0 aromatic carbocycles. The first kappa shape index (κ1) is 8.93. The lowest BCUT2D eigenvalue weighted by Gasteiger charge is -1.97. The maximum absolute atomic E-state index is 5.67. The Morgan fingerprint density at radius 3 is 3.00 bits per heavy atom. The van der Waals surface area contributed by atoms with Crippen LogP contribution in [-0.2, 0) is 6.42 Å². The highest BCUT2D eigenvalue weighted by Crippen LogP contribution is 2.11. The molecule has 2 heterocycles. The van der Waals surface area contributed by atoms with Crippen molar-refractivity contribution in [2.24, 2.45) is 0 Å². The van der Waals surface area contributed by atoms with E-state index in [1.54, 1.807) is 10.7 Å². The molecule has 0 aliphatic carbocycles. The van der Waals surface area contributed by atoms with Gasteiger partial charge in [-0.1, -0.05) is 13.3 Å². The van der Waals surface area contributed by atoms with Gasteiger partial charge >= 0.3 is 0 Å². The fourth-order valence-corrected chi connectivity index (χ4v) is 1.41. The quantitative estimate of drug-likeness (QED) is 0.787. The second-order valence-electron chi connectivity index (χ2n) is 3.22. The molecule has 14 heavy (non-hydrogen) atoms. The van der Waals surface area contributed by atoms with Gasteiger partial charge in [0.25, 0.3) is 0 Å². The van der Waals surface area contributed by atoms with E-state index in [4.69, 9.17) is 5.73 Å². The molecule has 0 radical (unpaired) electrons. The molecule has 0 bridgehead atoms. The molecule has 0 aliphatic rings. The summed E-state index contributed by atoms with van der Waals surface area (Å²) in [5.74, 6) is 0.435. The van der Waals surface area contributed by atoms with Crippen LogP contribution >= 0.6 is 0 Å². The van der Waals surface area contributed by atoms with Crippen molar-refractivity contribution >= 4 is 11.6 Å². The van der Waals surface area contributed by atoms with Gasteiger partial charge in [0, 0.05) is 0 Å². The van der Waals surface area contributed by atoms with Crippen molar-refractivity contribution in [1.29, 1.82) is 0 Å². The number of nitrogens with zero attached hydrogens (tertiary/aromatic N) is 4. The minimum absolute atomic E-state index is 0.435. The molecule has 0 atom stereocenters. The van der Waals surface area contributed by atoms with Gasteiger partial charge in [0.05, 0.1) is 5.69 Å². The molecule has 0 saturated carbocycles. The Morgan fingerprint density at radius 2 is 2.21 bits per heavy atom. The van der Waals surface area contributed by atoms with Crippen molar-refractivity contribution < 1.29 is 0 Å². The zero-order valence-corrected chi connectivity index (χ0v) is 8.14. The van der Waals surface area contributed by atoms with E-state index in [1.165, 1.54) is 6.33 Å². The zero-order chi connectivity index (χ0) is 9.97. The average Bonchev–Trinajstić information content (AvgIpc) is 2.60. The molecule has 74 valence electrons. The maximum Gasteiger partial charge on any atom is 0.208 e. The second kappa shape index (κ2) is 3.61. The summed E-state index contributed by atoms with van der Waals surface area (Å²) in [6.07, 6.45) is 6.37. The van der Waals surface area contributed by atoms with Crippen LogP contribution in [0.25, 0.3) is 5.65 Å². The summed E-state index contributed by atoms with van der Waals surface area (Å²) in [6.45, 7) is 2.15. The number of hydrogen-bond donors (Lipinski definition) is 1. The standard InChI is InChI=1S/C9H13N5/c1-2-3-4-7-8-11-5-12-9(10)14(8)6-13-7/h5-6H,2-4H2,1H3,(H2,10,11,12). The number of aryl methyl sites for hydroxylation is 1. The highest BCUT2D eigenvalue weighted by molar-refractivity contribution is 5.47. The van der Waals surface area contributed by atoms with Crippen LogP contribution in [-0.4, -0.2) is 19.4 Å². The zero-order valence-electron chi connectivity index (χ0n) is 8.14. The van der Waals surface area contributed by atoms with E-state index in [0.717, 1.165) is 30.6 Å². The molecule has 0 amide bonds. The molecule has 5 heteroatoms. The molecule has 2 aromatic heterocycles. The molecule has 0 saturated heterocycles. The largest absolute Gasteiger partial charge is 0.369 e. The van der Waals surface area contributed by atoms with Crippen LogP contribution in [0.5, 0.6) is 0 Å². The number of nitrogen functional groups attached to an aromatic ring is 1. The number of aromatic nitrogens is 4. The van der Waals surface area contributed by atoms with Crippen LogP contribution in [0, 0.1) is 0 Å². The first-order valence-corrected chi connectivity index (χ1v) is 4.75. The summed E-state index contributed by atoms with van der Waals surface area (Å²) in [4.78, 5) is 12.3. The summed E-state index contributed by atoms with van der Waals surface area (Å²) in [5, 5.41) is 0. The van der Waals surface area contributed by atoms with E-state index < -0.39 is 0 Å². The van der Waals surface area contributed by atoms with Crippen molar-refractivity contribution in [3.8, 4) is 0 Å². The lowest BCUT2D eigenvalue weighted by molar-refractivity contribution is 0.783. The van der Waals surface area contributed by atoms with Crippen LogP contribution in [0.2, 0.25) is 0 Å². The molecule has 2 rings (SSSR count). The van der Waals surface area contributed by atoms with E-state index in [2.05, 4.69) is 21.9 Å². The highest BCUT2D eigenvalue weighted by Gasteiger charge is 2.06. The Hall–Kier alpha value is -1.65. The molecule has 0 unspecified atom stereocenters. The number of anilines is 1. The van der Waals surface area contributed by atoms with Gasteiger partial charge in [-0.25, -0.2) is 15.0 Å². The van der Waals surface area contributed by atoms with Crippen LogP contribution < -0.4 is 5.73 Å². The molecule has 0 fully saturated rings. The fraction of sp³-hybridized carbons (Fsp3) is 0.444. The van der Waals surface area contributed by atoms with Crippen LogP contribution in [0.4, 0.5) is 5.95 Å². The van der Waals surface area contributed by atoms with Crippen molar-refractivity contribution in [3.05, 3.63) is 18.3 Å². The van der Waals surface area contributed by atoms with Crippen LogP contribution in [0.3, 0.4) is 0 Å². The third-order valence-electron chi connectivity index (χ3n) is 2.20. The molecule has 5 nitrogen and oxygen atoms in total. The first-order chi connectivity index (χ1) is 6.83. The van der Waals surface area contributed by atoms with Gasteiger partial charge < -0.3 is 5.73 Å². The number of unbranched alkanes of at least 4 members (excludes halogenated alkanes) is 1. The minimum Gasteiger partial charge on any atom is -0.369 e.